The van der Waals surface area contributed by atoms with Crippen molar-refractivity contribution in [3.63, 3.8) is 0 Å². The first-order valence-electron chi connectivity index (χ1n) is 55.9. The van der Waals surface area contributed by atoms with Gasteiger partial charge in [-0.3, -0.25) is 52.7 Å². The number of Topliss-reactive ketones (excluding diaryl/α,β-unsaturated/α-hetero) is 2. The number of hydrogen-bond acceptors (Lipinski definition) is 28. The summed E-state index contributed by atoms with van der Waals surface area (Å²) in [6.07, 6.45) is 16.8. The van der Waals surface area contributed by atoms with Crippen LogP contribution in [0, 0.1) is 53.3 Å². The van der Waals surface area contributed by atoms with Gasteiger partial charge in [-0.2, -0.15) is 0 Å². The monoisotopic (exact) mass is 2090 g/mol. The Morgan fingerprint density at radius 2 is 0.705 bits per heavy atom. The van der Waals surface area contributed by atoms with Gasteiger partial charge in [0.05, 0.1) is 90.9 Å². The third kappa shape index (κ3) is 47.1. The van der Waals surface area contributed by atoms with Crippen LogP contribution in [0.5, 0.6) is 11.5 Å². The van der Waals surface area contributed by atoms with Crippen molar-refractivity contribution in [2.24, 2.45) is 53.3 Å². The van der Waals surface area contributed by atoms with Crippen LogP contribution >= 0.6 is 0 Å². The van der Waals surface area contributed by atoms with E-state index in [0.29, 0.717) is 186 Å². The van der Waals surface area contributed by atoms with E-state index in [1.165, 1.54) is 20.8 Å². The number of rotatable bonds is 76. The lowest BCUT2D eigenvalue weighted by atomic mass is 9.79. The second-order valence-corrected chi connectivity index (χ2v) is 42.0. The number of β-amino-alcohol motifs (C(OH)–C–C–N with tert-alkyl or cyclic N) is 1. The zero-order valence-electron chi connectivity index (χ0n) is 92.2. The number of esters is 5. The normalized spacial score (nSPS) is 22.6. The molecule has 0 aromatic heterocycles. The summed E-state index contributed by atoms with van der Waals surface area (Å²) in [5.74, 6) is 0.830. The number of nitrogens with zero attached hydrogens (tertiary/aromatic N) is 1. The Bertz CT molecular complexity index is 4090. The lowest BCUT2D eigenvalue weighted by Crippen LogP contribution is -2.49. The van der Waals surface area contributed by atoms with Gasteiger partial charge in [-0.1, -0.05) is 188 Å². The summed E-state index contributed by atoms with van der Waals surface area (Å²) in [7, 11) is 3.23. The molecule has 17 atom stereocenters. The van der Waals surface area contributed by atoms with Gasteiger partial charge in [0, 0.05) is 134 Å². The quantitative estimate of drug-likeness (QED) is 0.0152. The SMILES string of the molecule is COc1ccc(C(OC[C@H]2C[C@H](O)CN2C(=O)CCCCCCC(=O)CCC(=O)NC(CCCOC(=O)CCCCCCCNC(=O)CCCOC2OC(COC(C)=O)C(C)C(C)C2C)(CCCOC(=O)CCCCCCCNC(=O)CCCOC2OC(COC(C)=O)C(C)C(C)C2C)CCCOC(=O)NCCCCCCCC(=O)CCCOC2OC(COC(C)=O)C(C)C(C)C2C)(c2ccccc2)c2ccc(OC)cc2)cc1. The number of unbranched alkanes of at least 4 members (excludes halogenated alkanes) is 15. The Kier molecular flexibility index (Phi) is 60.3. The Morgan fingerprint density at radius 3 is 1.11 bits per heavy atom. The second-order valence-electron chi connectivity index (χ2n) is 42.0. The van der Waals surface area contributed by atoms with Crippen LogP contribution in [-0.2, 0) is 120 Å². The number of carbonyl (C=O) groups is 12. The van der Waals surface area contributed by atoms with Crippen molar-refractivity contribution >= 4 is 71.1 Å². The Balaban J connectivity index is 0.899. The van der Waals surface area contributed by atoms with Gasteiger partial charge in [0.15, 0.2) is 18.9 Å². The maximum absolute atomic E-state index is 14.5. The molecule has 4 fully saturated rings. The lowest BCUT2D eigenvalue weighted by Gasteiger charge is -2.43. The van der Waals surface area contributed by atoms with Crippen molar-refractivity contribution in [2.75, 3.05) is 106 Å². The molecule has 0 spiro atoms. The molecule has 33 nitrogen and oxygen atoms in total. The van der Waals surface area contributed by atoms with E-state index in [9.17, 15) is 62.6 Å². The summed E-state index contributed by atoms with van der Waals surface area (Å²) in [5, 5.41) is 23.3. The van der Waals surface area contributed by atoms with Crippen LogP contribution in [0.15, 0.2) is 78.9 Å². The number of ether oxygens (including phenoxy) is 15. The van der Waals surface area contributed by atoms with E-state index in [1.54, 1.807) is 19.1 Å². The zero-order valence-corrected chi connectivity index (χ0v) is 92.2. The van der Waals surface area contributed by atoms with Gasteiger partial charge in [0.2, 0.25) is 23.6 Å². The van der Waals surface area contributed by atoms with Crippen LogP contribution in [0.1, 0.15) is 350 Å². The Hall–Kier alpha value is -9.22. The molecule has 4 heterocycles. The number of methoxy groups -OCH3 is 2. The molecule has 0 radical (unpaired) electrons. The molecule has 33 heteroatoms. The molecular formula is C116H183N5O28. The van der Waals surface area contributed by atoms with E-state index in [4.69, 9.17) is 71.1 Å². The minimum absolute atomic E-state index is 0.00292. The van der Waals surface area contributed by atoms with Gasteiger partial charge < -0.3 is 102 Å². The molecule has 4 aliphatic rings. The summed E-state index contributed by atoms with van der Waals surface area (Å²) in [5.41, 5.74) is 0.441. The van der Waals surface area contributed by atoms with E-state index in [0.717, 1.165) is 93.7 Å². The van der Waals surface area contributed by atoms with E-state index in [2.05, 4.69) is 83.6 Å². The standard InChI is InChI=1S/C116H183N5O28/c1-81-84(4)102(78-143-90(10)122)147-111(87(81)7)139-69-37-47-97(125)45-29-18-15-25-36-68-119-114(134)142-74-42-65-115(63-40-72-137-109(132)51-32-19-16-23-34-66-117-105(128)48-38-70-140-112-88(8)82(2)85(5)103(148-112)79-144-91(11)123,64-41-73-138-110(133)52-33-20-17-24-35-67-118-106(129)49-39-71-141-113-89(9)83(3)86(6)104(149-113)80-145-92(12)124)120-107(130)62-57-98(126)46-30-21-22-31-50-108(131)121-76-99(127)75-96(121)77-146-116(93-43-27-26-28-44-93,94-53-58-100(135-13)59-54-94)95-55-60-101(136-14)61-56-95/h26-28,43-44,53-56,58-61,81-89,96,99,102-104,111-113,127H,15-25,29-42,45-52,57,62-80H2,1-14H3,(H,117,128)(H,118,129)(H,119,134)(H,120,130)/t81?,82?,83?,84?,85?,86?,87?,88?,89?,96-,99+,102?,103?,104?,111?,112?,113?,115?/m1/s1. The molecule has 0 bridgehead atoms. The first-order chi connectivity index (χ1) is 71.7. The predicted molar refractivity (Wildman–Crippen MR) is 564 cm³/mol. The molecule has 7 rings (SSSR count). The number of aliphatic hydroxyl groups is 1. The highest BCUT2D eigenvalue weighted by atomic mass is 16.7. The van der Waals surface area contributed by atoms with Crippen molar-refractivity contribution in [3.05, 3.63) is 95.6 Å². The molecule has 3 aromatic carbocycles. The average Bonchev–Trinajstić information content (AvgIpc) is 1.07. The maximum atomic E-state index is 14.5. The van der Waals surface area contributed by atoms with Gasteiger partial charge in [-0.15, -0.1) is 0 Å². The van der Waals surface area contributed by atoms with E-state index in [-0.39, 0.29) is 228 Å². The fraction of sp³-hybridized carbons (Fsp3) is 0.741. The highest BCUT2D eigenvalue weighted by molar-refractivity contribution is 5.85. The van der Waals surface area contributed by atoms with E-state index >= 15 is 0 Å². The average molecular weight is 2100 g/mol. The van der Waals surface area contributed by atoms with Gasteiger partial charge >= 0.3 is 35.9 Å². The van der Waals surface area contributed by atoms with Gasteiger partial charge in [-0.05, 0) is 192 Å². The molecule has 4 saturated heterocycles. The van der Waals surface area contributed by atoms with Gasteiger partial charge in [0.25, 0.3) is 0 Å². The summed E-state index contributed by atoms with van der Waals surface area (Å²) in [6.45, 7) is 26.5. The highest BCUT2D eigenvalue weighted by Crippen LogP contribution is 2.44. The number of aliphatic hydroxyl groups excluding tert-OH is 1. The number of alkyl carbamates (subject to hydrolysis) is 1. The van der Waals surface area contributed by atoms with Crippen LogP contribution in [0.3, 0.4) is 0 Å². The second kappa shape index (κ2) is 70.9. The summed E-state index contributed by atoms with van der Waals surface area (Å²) >= 11 is 0. The molecule has 4 aliphatic heterocycles. The maximum Gasteiger partial charge on any atom is 0.407 e. The third-order valence-corrected chi connectivity index (χ3v) is 30.7. The Morgan fingerprint density at radius 1 is 0.349 bits per heavy atom. The molecule has 0 saturated carbocycles. The third-order valence-electron chi connectivity index (χ3n) is 30.7. The van der Waals surface area contributed by atoms with Crippen molar-refractivity contribution in [3.8, 4) is 11.5 Å². The first kappa shape index (κ1) is 127. The molecule has 15 unspecified atom stereocenters. The fourth-order valence-corrected chi connectivity index (χ4v) is 20.3. The molecule has 0 aliphatic carbocycles. The first-order valence-corrected chi connectivity index (χ1v) is 55.9. The minimum Gasteiger partial charge on any atom is -0.497 e. The number of likely N-dealkylation sites (tertiary alicyclic amines) is 1. The van der Waals surface area contributed by atoms with Crippen LogP contribution < -0.4 is 30.7 Å². The summed E-state index contributed by atoms with van der Waals surface area (Å²) in [6, 6.07) is 24.9. The summed E-state index contributed by atoms with van der Waals surface area (Å²) in [4.78, 5) is 157. The Labute approximate surface area is 887 Å². The topological polar surface area (TPSA) is 415 Å². The molecule has 5 N–H and O–H groups in total. The number of nitrogens with one attached hydrogen (secondary N) is 4. The van der Waals surface area contributed by atoms with E-state index < -0.39 is 48.2 Å². The smallest absolute Gasteiger partial charge is 0.407 e. The number of ketones is 2. The van der Waals surface area contributed by atoms with Crippen molar-refractivity contribution < 1.29 is 134 Å². The minimum atomic E-state index is -1.13. The van der Waals surface area contributed by atoms with Crippen LogP contribution in [-0.4, -0.2) is 242 Å². The van der Waals surface area contributed by atoms with Crippen LogP contribution in [0.4, 0.5) is 4.79 Å². The van der Waals surface area contributed by atoms with E-state index in [1.807, 2.05) is 78.9 Å². The zero-order chi connectivity index (χ0) is 108. The lowest BCUT2D eigenvalue weighted by molar-refractivity contribution is -0.255. The van der Waals surface area contributed by atoms with Crippen molar-refractivity contribution in [1.82, 2.24) is 26.2 Å². The molecular weight excluding hydrogens is 1910 g/mol. The molecule has 149 heavy (non-hydrogen) atoms. The number of hydrogen-bond donors (Lipinski definition) is 5. The molecule has 840 valence electrons. The van der Waals surface area contributed by atoms with Crippen LogP contribution in [0.25, 0.3) is 0 Å². The molecule has 5 amide bonds. The van der Waals surface area contributed by atoms with Crippen molar-refractivity contribution in [1.29, 1.82) is 0 Å². The highest BCUT2D eigenvalue weighted by Gasteiger charge is 2.46. The number of benzene rings is 3. The van der Waals surface area contributed by atoms with Gasteiger partial charge in [-0.25, -0.2) is 4.79 Å². The largest absolute Gasteiger partial charge is 0.497 e. The van der Waals surface area contributed by atoms with Crippen LogP contribution in [0.2, 0.25) is 0 Å². The molecule has 3 aromatic rings. The predicted octanol–water partition coefficient (Wildman–Crippen LogP) is 18.5. The fourth-order valence-electron chi connectivity index (χ4n) is 20.3. The summed E-state index contributed by atoms with van der Waals surface area (Å²) < 4.78 is 88.3. The van der Waals surface area contributed by atoms with Gasteiger partial charge in [0.1, 0.15) is 48.5 Å². The van der Waals surface area contributed by atoms with Crippen molar-refractivity contribution in [2.45, 2.75) is 394 Å². The number of amides is 5. The number of carbonyl (C=O) groups excluding carboxylic acids is 12.